The van der Waals surface area contributed by atoms with Crippen molar-refractivity contribution in [1.82, 2.24) is 19.8 Å². The van der Waals surface area contributed by atoms with Crippen LogP contribution >= 0.6 is 12.2 Å². The number of hydrogen-bond donors (Lipinski definition) is 1. The maximum atomic E-state index is 11.9. The number of methoxy groups -OCH3 is 1. The van der Waals surface area contributed by atoms with Gasteiger partial charge in [-0.3, -0.25) is 9.78 Å². The molecule has 1 aliphatic heterocycles. The first-order valence-electron chi connectivity index (χ1n) is 10.9. The van der Waals surface area contributed by atoms with Crippen LogP contribution in [0.5, 0.6) is 0 Å². The number of hydrogen-bond acceptors (Lipinski definition) is 4. The van der Waals surface area contributed by atoms with E-state index < -0.39 is 0 Å². The van der Waals surface area contributed by atoms with E-state index in [4.69, 9.17) is 17.0 Å². The highest BCUT2D eigenvalue weighted by molar-refractivity contribution is 7.80. The van der Waals surface area contributed by atoms with E-state index >= 15 is 0 Å². The van der Waals surface area contributed by atoms with Crippen molar-refractivity contribution in [2.24, 2.45) is 0 Å². The fraction of sp³-hybridized carbons (Fsp3) is 0.192. The van der Waals surface area contributed by atoms with Crippen LogP contribution in [0.2, 0.25) is 0 Å². The summed E-state index contributed by atoms with van der Waals surface area (Å²) in [6.07, 6.45) is 4.10. The van der Waals surface area contributed by atoms with Gasteiger partial charge < -0.3 is 19.5 Å². The Kier molecular flexibility index (Phi) is 5.79. The average Bonchev–Trinajstić information content (AvgIpc) is 3.47. The van der Waals surface area contributed by atoms with Gasteiger partial charge in [0, 0.05) is 30.3 Å². The third-order valence-electron chi connectivity index (χ3n) is 6.08. The molecule has 0 spiro atoms. The summed E-state index contributed by atoms with van der Waals surface area (Å²) in [7, 11) is 1.40. The predicted octanol–water partition coefficient (Wildman–Crippen LogP) is 4.56. The third kappa shape index (κ3) is 4.07. The number of thiocarbonyl (C=S) groups is 1. The number of carbonyl (C=O) groups is 1. The van der Waals surface area contributed by atoms with Crippen LogP contribution < -0.4 is 5.32 Å². The number of ether oxygens (including phenoxy) is 1. The van der Waals surface area contributed by atoms with Crippen molar-refractivity contribution in [2.75, 3.05) is 13.7 Å². The number of rotatable bonds is 6. The van der Waals surface area contributed by atoms with E-state index in [1.165, 1.54) is 17.9 Å². The summed E-state index contributed by atoms with van der Waals surface area (Å²) in [5.74, 6) is -0.261. The quantitative estimate of drug-likeness (QED) is 0.339. The van der Waals surface area contributed by atoms with Crippen molar-refractivity contribution >= 4 is 34.1 Å². The number of aromatic nitrogens is 2. The lowest BCUT2D eigenvalue weighted by Crippen LogP contribution is -2.32. The Morgan fingerprint density at radius 3 is 2.67 bits per heavy atom. The SMILES string of the molecule is COC(=O)CCN1C(=S)N[C@H](c2ccccn2)[C@H]1c1cccn1-c1ccc2ccccc2c1. The third-order valence-corrected chi connectivity index (χ3v) is 6.43. The van der Waals surface area contributed by atoms with E-state index in [-0.39, 0.29) is 24.5 Å². The molecule has 1 aliphatic rings. The number of fused-ring (bicyclic) bond motifs is 1. The summed E-state index contributed by atoms with van der Waals surface area (Å²) in [5, 5.41) is 6.42. The smallest absolute Gasteiger partial charge is 0.307 e. The van der Waals surface area contributed by atoms with Crippen LogP contribution in [0, 0.1) is 0 Å². The Labute approximate surface area is 197 Å². The molecule has 1 fully saturated rings. The molecular formula is C26H24N4O2S. The summed E-state index contributed by atoms with van der Waals surface area (Å²) >= 11 is 5.71. The normalized spacial score (nSPS) is 17.8. The van der Waals surface area contributed by atoms with E-state index in [1.54, 1.807) is 6.20 Å². The largest absolute Gasteiger partial charge is 0.469 e. The maximum Gasteiger partial charge on any atom is 0.307 e. The lowest BCUT2D eigenvalue weighted by atomic mass is 10.0. The molecule has 0 radical (unpaired) electrons. The van der Waals surface area contributed by atoms with Gasteiger partial charge in [0.25, 0.3) is 0 Å². The highest BCUT2D eigenvalue weighted by Crippen LogP contribution is 2.39. The highest BCUT2D eigenvalue weighted by atomic mass is 32.1. The molecule has 7 heteroatoms. The summed E-state index contributed by atoms with van der Waals surface area (Å²) in [5.41, 5.74) is 3.04. The minimum Gasteiger partial charge on any atom is -0.469 e. The zero-order valence-electron chi connectivity index (χ0n) is 18.2. The molecule has 0 amide bonds. The van der Waals surface area contributed by atoms with Crippen LogP contribution in [0.25, 0.3) is 16.5 Å². The zero-order chi connectivity index (χ0) is 22.8. The van der Waals surface area contributed by atoms with Gasteiger partial charge >= 0.3 is 5.97 Å². The van der Waals surface area contributed by atoms with Gasteiger partial charge in [0.15, 0.2) is 5.11 Å². The molecule has 0 bridgehead atoms. The van der Waals surface area contributed by atoms with Crippen LogP contribution in [-0.2, 0) is 9.53 Å². The van der Waals surface area contributed by atoms with E-state index in [0.717, 1.165) is 17.1 Å². The van der Waals surface area contributed by atoms with Gasteiger partial charge in [-0.15, -0.1) is 0 Å². The highest BCUT2D eigenvalue weighted by Gasteiger charge is 2.41. The number of nitrogens with zero attached hydrogens (tertiary/aromatic N) is 3. The number of nitrogens with one attached hydrogen (secondary N) is 1. The first-order valence-corrected chi connectivity index (χ1v) is 11.3. The number of benzene rings is 2. The Morgan fingerprint density at radius 1 is 1.06 bits per heavy atom. The Morgan fingerprint density at radius 2 is 1.88 bits per heavy atom. The summed E-state index contributed by atoms with van der Waals surface area (Å²) in [6.45, 7) is 0.454. The lowest BCUT2D eigenvalue weighted by Gasteiger charge is -2.28. The van der Waals surface area contributed by atoms with Crippen molar-refractivity contribution < 1.29 is 9.53 Å². The van der Waals surface area contributed by atoms with E-state index in [0.29, 0.717) is 11.7 Å². The second-order valence-electron chi connectivity index (χ2n) is 7.98. The fourth-order valence-corrected chi connectivity index (χ4v) is 4.81. The summed E-state index contributed by atoms with van der Waals surface area (Å²) < 4.78 is 7.06. The molecule has 0 unspecified atom stereocenters. The van der Waals surface area contributed by atoms with Crippen molar-refractivity contribution in [3.05, 3.63) is 96.6 Å². The van der Waals surface area contributed by atoms with Crippen LogP contribution in [0.4, 0.5) is 0 Å². The molecule has 1 N–H and O–H groups in total. The molecule has 2 aromatic heterocycles. The van der Waals surface area contributed by atoms with Crippen LogP contribution in [0.15, 0.2) is 85.2 Å². The van der Waals surface area contributed by atoms with Gasteiger partial charge in [-0.05, 0) is 59.4 Å². The average molecular weight is 457 g/mol. The molecule has 5 rings (SSSR count). The second-order valence-corrected chi connectivity index (χ2v) is 8.37. The standard InChI is InChI=1S/C26H24N4O2S/c1-32-23(31)13-16-30-25(24(28-26(30)33)21-9-4-5-14-27-21)22-10-6-15-29(22)20-12-11-18-7-2-3-8-19(18)17-20/h2-12,14-15,17,24-25H,13,16H2,1H3,(H,28,33)/t24-,25-/m1/s1. The zero-order valence-corrected chi connectivity index (χ0v) is 19.0. The fourth-order valence-electron chi connectivity index (χ4n) is 4.48. The minimum atomic E-state index is -0.261. The Bertz CT molecular complexity index is 1300. The predicted molar refractivity (Wildman–Crippen MR) is 132 cm³/mol. The molecule has 0 saturated carbocycles. The molecule has 166 valence electrons. The Balaban J connectivity index is 1.58. The Hall–Kier alpha value is -3.71. The molecule has 6 nitrogen and oxygen atoms in total. The number of carbonyl (C=O) groups excluding carboxylic acids is 1. The summed E-state index contributed by atoms with van der Waals surface area (Å²) in [4.78, 5) is 18.6. The van der Waals surface area contributed by atoms with Gasteiger partial charge in [-0.2, -0.15) is 0 Å². The number of pyridine rings is 1. The van der Waals surface area contributed by atoms with E-state index in [1.807, 2.05) is 36.4 Å². The van der Waals surface area contributed by atoms with Crippen LogP contribution in [-0.4, -0.2) is 39.2 Å². The van der Waals surface area contributed by atoms with Gasteiger partial charge in [0.05, 0.1) is 31.3 Å². The van der Waals surface area contributed by atoms with Crippen LogP contribution in [0.3, 0.4) is 0 Å². The minimum absolute atomic E-state index is 0.140. The molecule has 33 heavy (non-hydrogen) atoms. The molecule has 2 atom stereocenters. The van der Waals surface area contributed by atoms with Gasteiger partial charge in [-0.1, -0.05) is 36.4 Å². The van der Waals surface area contributed by atoms with Crippen molar-refractivity contribution in [2.45, 2.75) is 18.5 Å². The van der Waals surface area contributed by atoms with Crippen LogP contribution in [0.1, 0.15) is 29.9 Å². The maximum absolute atomic E-state index is 11.9. The first kappa shape index (κ1) is 21.2. The van der Waals surface area contributed by atoms with Crippen molar-refractivity contribution in [3.63, 3.8) is 0 Å². The van der Waals surface area contributed by atoms with Gasteiger partial charge in [0.2, 0.25) is 0 Å². The molecule has 3 heterocycles. The van der Waals surface area contributed by atoms with Crippen molar-refractivity contribution in [1.29, 1.82) is 0 Å². The molecule has 1 saturated heterocycles. The topological polar surface area (TPSA) is 59.4 Å². The lowest BCUT2D eigenvalue weighted by molar-refractivity contribution is -0.140. The molecule has 4 aromatic rings. The molecular weight excluding hydrogens is 432 g/mol. The second kappa shape index (κ2) is 9.03. The van der Waals surface area contributed by atoms with Gasteiger partial charge in [-0.25, -0.2) is 0 Å². The van der Waals surface area contributed by atoms with E-state index in [9.17, 15) is 4.79 Å². The summed E-state index contributed by atoms with van der Waals surface area (Å²) in [6, 6.07) is 24.5. The monoisotopic (exact) mass is 456 g/mol. The first-order chi connectivity index (χ1) is 16.2. The van der Waals surface area contributed by atoms with E-state index in [2.05, 4.69) is 62.4 Å². The number of esters is 1. The molecule has 2 aromatic carbocycles. The van der Waals surface area contributed by atoms with Crippen molar-refractivity contribution in [3.8, 4) is 5.69 Å². The molecule has 0 aliphatic carbocycles. The van der Waals surface area contributed by atoms with Gasteiger partial charge in [0.1, 0.15) is 0 Å².